The molecule has 0 aromatic carbocycles. The fourth-order valence-electron chi connectivity index (χ4n) is 2.19. The van der Waals surface area contributed by atoms with E-state index < -0.39 is 0 Å². The lowest BCUT2D eigenvalue weighted by Gasteiger charge is -2.09. The van der Waals surface area contributed by atoms with Crippen molar-refractivity contribution in [2.75, 3.05) is 6.54 Å². The summed E-state index contributed by atoms with van der Waals surface area (Å²) in [5.74, 6) is 0.984. The Bertz CT molecular complexity index is 508. The van der Waals surface area contributed by atoms with E-state index in [4.69, 9.17) is 10.7 Å². The summed E-state index contributed by atoms with van der Waals surface area (Å²) in [6, 6.07) is 0. The van der Waals surface area contributed by atoms with E-state index in [1.165, 1.54) is 17.1 Å². The molecule has 94 valence electrons. The van der Waals surface area contributed by atoms with E-state index in [-0.39, 0.29) is 0 Å². The number of rotatable bonds is 4. The highest BCUT2D eigenvalue weighted by Gasteiger charge is 2.19. The minimum Gasteiger partial charge on any atom is -0.330 e. The highest BCUT2D eigenvalue weighted by molar-refractivity contribution is 7.15. The summed E-state index contributed by atoms with van der Waals surface area (Å²) in [6.45, 7) is 9.52. The fraction of sp³-hybridized carbons (Fsp3) is 0.615. The van der Waals surface area contributed by atoms with Gasteiger partial charge in [0.2, 0.25) is 0 Å². The van der Waals surface area contributed by atoms with E-state index in [2.05, 4.69) is 37.5 Å². The summed E-state index contributed by atoms with van der Waals surface area (Å²) in [5, 5.41) is 2.22. The zero-order valence-corrected chi connectivity index (χ0v) is 11.8. The molecule has 17 heavy (non-hydrogen) atoms. The molecular formula is C13H21N3S. The molecule has 0 amide bonds. The molecule has 0 bridgehead atoms. The summed E-state index contributed by atoms with van der Waals surface area (Å²) < 4.78 is 2.32. The molecule has 2 N–H and O–H groups in total. The van der Waals surface area contributed by atoms with Crippen molar-refractivity contribution in [3.63, 3.8) is 0 Å². The molecular weight excluding hydrogens is 230 g/mol. The van der Waals surface area contributed by atoms with Gasteiger partial charge in [0.25, 0.3) is 0 Å². The minimum atomic E-state index is 0.462. The average molecular weight is 251 g/mol. The normalized spacial score (nSPS) is 12.2. The molecule has 0 atom stereocenters. The number of hydrogen-bond donors (Lipinski definition) is 1. The van der Waals surface area contributed by atoms with Crippen molar-refractivity contribution in [1.82, 2.24) is 9.38 Å². The van der Waals surface area contributed by atoms with Crippen LogP contribution in [0.1, 0.15) is 56.6 Å². The summed E-state index contributed by atoms with van der Waals surface area (Å²) in [6.07, 6.45) is 0.908. The second-order valence-electron chi connectivity index (χ2n) is 5.07. The molecule has 0 spiro atoms. The third-order valence-corrected chi connectivity index (χ3v) is 3.88. The Hall–Kier alpha value is -0.870. The predicted octanol–water partition coefficient (Wildman–Crippen LogP) is 3.14. The van der Waals surface area contributed by atoms with Crippen molar-refractivity contribution in [2.45, 2.75) is 46.0 Å². The van der Waals surface area contributed by atoms with Crippen LogP contribution in [0.5, 0.6) is 0 Å². The van der Waals surface area contributed by atoms with Crippen LogP contribution >= 0.6 is 11.3 Å². The van der Waals surface area contributed by atoms with Crippen LogP contribution in [-0.2, 0) is 6.42 Å². The Morgan fingerprint density at radius 3 is 2.53 bits per heavy atom. The highest BCUT2D eigenvalue weighted by atomic mass is 32.1. The van der Waals surface area contributed by atoms with E-state index in [1.54, 1.807) is 11.3 Å². The van der Waals surface area contributed by atoms with Gasteiger partial charge in [0, 0.05) is 23.2 Å². The van der Waals surface area contributed by atoms with E-state index in [0.29, 0.717) is 18.4 Å². The smallest absolute Gasteiger partial charge is 0.194 e. The Labute approximate surface area is 107 Å². The molecule has 0 fully saturated rings. The van der Waals surface area contributed by atoms with Gasteiger partial charge in [-0.1, -0.05) is 27.7 Å². The largest absolute Gasteiger partial charge is 0.330 e. The minimum absolute atomic E-state index is 0.462. The van der Waals surface area contributed by atoms with Gasteiger partial charge in [-0.2, -0.15) is 0 Å². The van der Waals surface area contributed by atoms with E-state index in [9.17, 15) is 0 Å². The van der Waals surface area contributed by atoms with Crippen LogP contribution in [0.4, 0.5) is 0 Å². The first kappa shape index (κ1) is 12.6. The number of fused-ring (bicyclic) bond motifs is 1. The highest BCUT2D eigenvalue weighted by Crippen LogP contribution is 2.29. The quantitative estimate of drug-likeness (QED) is 0.907. The van der Waals surface area contributed by atoms with Crippen LogP contribution in [0.25, 0.3) is 4.96 Å². The number of nitrogens with zero attached hydrogens (tertiary/aromatic N) is 2. The number of aromatic nitrogens is 2. The van der Waals surface area contributed by atoms with Crippen LogP contribution in [-0.4, -0.2) is 15.9 Å². The van der Waals surface area contributed by atoms with Gasteiger partial charge in [-0.05, 0) is 18.4 Å². The zero-order valence-electron chi connectivity index (χ0n) is 11.0. The maximum atomic E-state index is 5.74. The average Bonchev–Trinajstić information content (AvgIpc) is 2.78. The summed E-state index contributed by atoms with van der Waals surface area (Å²) in [4.78, 5) is 5.87. The van der Waals surface area contributed by atoms with Crippen molar-refractivity contribution in [3.8, 4) is 0 Å². The monoisotopic (exact) mass is 251 g/mol. The molecule has 0 aliphatic heterocycles. The maximum absolute atomic E-state index is 5.74. The van der Waals surface area contributed by atoms with Crippen LogP contribution in [0, 0.1) is 0 Å². The third-order valence-electron chi connectivity index (χ3n) is 3.04. The molecule has 0 aliphatic carbocycles. The van der Waals surface area contributed by atoms with Crippen LogP contribution in [0.15, 0.2) is 5.38 Å². The van der Waals surface area contributed by atoms with Crippen molar-refractivity contribution >= 4 is 16.3 Å². The van der Waals surface area contributed by atoms with Crippen molar-refractivity contribution in [2.24, 2.45) is 5.73 Å². The van der Waals surface area contributed by atoms with Gasteiger partial charge in [0.15, 0.2) is 4.96 Å². The summed E-state index contributed by atoms with van der Waals surface area (Å²) >= 11 is 1.73. The van der Waals surface area contributed by atoms with E-state index >= 15 is 0 Å². The lowest BCUT2D eigenvalue weighted by Crippen LogP contribution is -2.09. The molecule has 2 aromatic heterocycles. The molecule has 3 nitrogen and oxygen atoms in total. The Balaban J connectivity index is 2.66. The fourth-order valence-corrected chi connectivity index (χ4v) is 3.27. The molecule has 4 heteroatoms. The lowest BCUT2D eigenvalue weighted by molar-refractivity contribution is 0.758. The number of thiazole rings is 1. The van der Waals surface area contributed by atoms with Gasteiger partial charge >= 0.3 is 0 Å². The molecule has 0 saturated heterocycles. The molecule has 2 aromatic rings. The molecule has 0 radical (unpaired) electrons. The van der Waals surface area contributed by atoms with Crippen LogP contribution < -0.4 is 5.73 Å². The van der Waals surface area contributed by atoms with Crippen LogP contribution in [0.2, 0.25) is 0 Å². The van der Waals surface area contributed by atoms with Crippen molar-refractivity contribution in [3.05, 3.63) is 22.5 Å². The molecule has 0 aliphatic rings. The standard InChI is InChI=1S/C13H21N3S/c1-8(2)11-7-17-13-15-12(9(3)4)10(5-6-14)16(11)13/h7-9H,5-6,14H2,1-4H3. The Kier molecular flexibility index (Phi) is 3.54. The molecule has 0 unspecified atom stereocenters. The van der Waals surface area contributed by atoms with Crippen molar-refractivity contribution < 1.29 is 0 Å². The number of imidazole rings is 1. The Morgan fingerprint density at radius 2 is 2.00 bits per heavy atom. The molecule has 2 rings (SSSR count). The van der Waals surface area contributed by atoms with E-state index in [0.717, 1.165) is 11.4 Å². The molecule has 2 heterocycles. The van der Waals surface area contributed by atoms with Crippen molar-refractivity contribution in [1.29, 1.82) is 0 Å². The van der Waals surface area contributed by atoms with Gasteiger partial charge in [-0.3, -0.25) is 4.40 Å². The van der Waals surface area contributed by atoms with E-state index in [1.807, 2.05) is 0 Å². The second-order valence-corrected chi connectivity index (χ2v) is 5.91. The van der Waals surface area contributed by atoms with Gasteiger partial charge in [0.05, 0.1) is 5.69 Å². The first-order chi connectivity index (χ1) is 8.06. The maximum Gasteiger partial charge on any atom is 0.194 e. The second kappa shape index (κ2) is 4.78. The topological polar surface area (TPSA) is 43.3 Å². The zero-order chi connectivity index (χ0) is 12.6. The first-order valence-electron chi connectivity index (χ1n) is 6.25. The van der Waals surface area contributed by atoms with Gasteiger partial charge in [-0.25, -0.2) is 4.98 Å². The number of nitrogens with two attached hydrogens (primary N) is 1. The van der Waals surface area contributed by atoms with Gasteiger partial charge in [-0.15, -0.1) is 11.3 Å². The summed E-state index contributed by atoms with van der Waals surface area (Å²) in [7, 11) is 0. The predicted molar refractivity (Wildman–Crippen MR) is 74.0 cm³/mol. The lowest BCUT2D eigenvalue weighted by atomic mass is 10.1. The number of hydrogen-bond acceptors (Lipinski definition) is 3. The van der Waals surface area contributed by atoms with Crippen LogP contribution in [0.3, 0.4) is 0 Å². The first-order valence-corrected chi connectivity index (χ1v) is 7.12. The summed E-state index contributed by atoms with van der Waals surface area (Å²) in [5.41, 5.74) is 9.61. The van der Waals surface area contributed by atoms with Gasteiger partial charge < -0.3 is 5.73 Å². The third kappa shape index (κ3) is 2.11. The van der Waals surface area contributed by atoms with Gasteiger partial charge in [0.1, 0.15) is 0 Å². The Morgan fingerprint density at radius 1 is 1.29 bits per heavy atom. The molecule has 0 saturated carbocycles. The SMILES string of the molecule is CC(C)c1nc2scc(C(C)C)n2c1CCN.